The van der Waals surface area contributed by atoms with Crippen LogP contribution in [0.2, 0.25) is 0 Å². The predicted molar refractivity (Wildman–Crippen MR) is 79.2 cm³/mol. The Kier molecular flexibility index (Phi) is 2.93. The number of pyridine rings is 1. The van der Waals surface area contributed by atoms with E-state index in [1.807, 2.05) is 16.7 Å². The third-order valence-corrected chi connectivity index (χ3v) is 3.78. The molecule has 1 N–H and O–H groups in total. The highest BCUT2D eigenvalue weighted by Gasteiger charge is 2.23. The molecule has 2 aromatic rings. The Morgan fingerprint density at radius 3 is 3.10 bits per heavy atom. The van der Waals surface area contributed by atoms with E-state index >= 15 is 0 Å². The van der Waals surface area contributed by atoms with Crippen molar-refractivity contribution in [1.82, 2.24) is 9.88 Å². The quantitative estimate of drug-likeness (QED) is 0.866. The molecule has 4 nitrogen and oxygen atoms in total. The number of aromatic nitrogens is 1. The topological polar surface area (TPSA) is 51.1 Å². The monoisotopic (exact) mass is 268 g/mol. The number of rotatable bonds is 3. The summed E-state index contributed by atoms with van der Waals surface area (Å²) in [6, 6.07) is 5.98. The van der Waals surface area contributed by atoms with Crippen LogP contribution in [0.3, 0.4) is 0 Å². The number of nitrogens with zero attached hydrogens (tertiary/aromatic N) is 1. The van der Waals surface area contributed by atoms with E-state index in [4.69, 9.17) is 0 Å². The van der Waals surface area contributed by atoms with E-state index in [-0.39, 0.29) is 22.9 Å². The van der Waals surface area contributed by atoms with E-state index in [9.17, 15) is 9.59 Å². The number of hydrogen-bond acceptors (Lipinski definition) is 2. The number of carbonyl (C=O) groups excluding carboxylic acids is 1. The van der Waals surface area contributed by atoms with Crippen LogP contribution in [-0.4, -0.2) is 17.0 Å². The molecule has 20 heavy (non-hydrogen) atoms. The van der Waals surface area contributed by atoms with Gasteiger partial charge in [0.1, 0.15) is 5.56 Å². The highest BCUT2D eigenvalue weighted by atomic mass is 16.2. The van der Waals surface area contributed by atoms with Crippen LogP contribution in [0.4, 0.5) is 0 Å². The fourth-order valence-electron chi connectivity index (χ4n) is 2.84. The van der Waals surface area contributed by atoms with Crippen molar-refractivity contribution in [3.05, 3.63) is 58.4 Å². The van der Waals surface area contributed by atoms with Gasteiger partial charge in [-0.15, -0.1) is 6.58 Å². The molecular formula is C16H16N2O2. The van der Waals surface area contributed by atoms with E-state index in [0.717, 1.165) is 11.9 Å². The molecule has 0 bridgehead atoms. The molecule has 4 heteroatoms. The molecule has 0 saturated carbocycles. The minimum atomic E-state index is -0.343. The van der Waals surface area contributed by atoms with Gasteiger partial charge in [-0.3, -0.25) is 9.59 Å². The Hall–Kier alpha value is -2.36. The zero-order chi connectivity index (χ0) is 14.3. The second kappa shape index (κ2) is 4.63. The molecule has 0 unspecified atom stereocenters. The highest BCUT2D eigenvalue weighted by Crippen LogP contribution is 2.30. The van der Waals surface area contributed by atoms with Gasteiger partial charge in [0, 0.05) is 24.2 Å². The van der Waals surface area contributed by atoms with Crippen molar-refractivity contribution in [2.24, 2.45) is 0 Å². The molecule has 2 heterocycles. The van der Waals surface area contributed by atoms with Gasteiger partial charge in [0.2, 0.25) is 5.43 Å². The summed E-state index contributed by atoms with van der Waals surface area (Å²) in [6.45, 7) is 6.00. The molecule has 0 spiro atoms. The largest absolute Gasteiger partial charge is 0.348 e. The number of benzene rings is 1. The first-order chi connectivity index (χ1) is 9.63. The van der Waals surface area contributed by atoms with Gasteiger partial charge in [-0.1, -0.05) is 18.2 Å². The van der Waals surface area contributed by atoms with E-state index in [1.54, 1.807) is 18.3 Å². The molecule has 0 radical (unpaired) electrons. The first kappa shape index (κ1) is 12.7. The molecule has 1 aliphatic rings. The lowest BCUT2D eigenvalue weighted by Crippen LogP contribution is -2.29. The summed E-state index contributed by atoms with van der Waals surface area (Å²) < 4.78 is 2.04. The van der Waals surface area contributed by atoms with E-state index in [0.29, 0.717) is 11.9 Å². The minimum Gasteiger partial charge on any atom is -0.348 e. The average molecular weight is 268 g/mol. The first-order valence-corrected chi connectivity index (χ1v) is 6.69. The van der Waals surface area contributed by atoms with Crippen molar-refractivity contribution in [2.75, 3.05) is 6.54 Å². The summed E-state index contributed by atoms with van der Waals surface area (Å²) in [6.07, 6.45) is 4.18. The van der Waals surface area contributed by atoms with Gasteiger partial charge >= 0.3 is 0 Å². The Balaban J connectivity index is 2.23. The zero-order valence-electron chi connectivity index (χ0n) is 11.3. The van der Waals surface area contributed by atoms with Crippen molar-refractivity contribution in [3.8, 4) is 0 Å². The van der Waals surface area contributed by atoms with Crippen LogP contribution in [-0.2, 0) is 6.42 Å². The van der Waals surface area contributed by atoms with Gasteiger partial charge in [0.05, 0.1) is 5.52 Å². The first-order valence-electron chi connectivity index (χ1n) is 6.69. The smallest absolute Gasteiger partial charge is 0.257 e. The molecule has 1 atom stereocenters. The van der Waals surface area contributed by atoms with E-state index in [2.05, 4.69) is 18.8 Å². The number of nitrogens with one attached hydrogen (secondary N) is 1. The van der Waals surface area contributed by atoms with Crippen LogP contribution in [0.1, 0.15) is 28.9 Å². The van der Waals surface area contributed by atoms with Gasteiger partial charge in [0.15, 0.2) is 0 Å². The molecule has 1 aromatic heterocycles. The van der Waals surface area contributed by atoms with E-state index < -0.39 is 0 Å². The third kappa shape index (κ3) is 1.76. The molecule has 1 aromatic carbocycles. The van der Waals surface area contributed by atoms with Crippen LogP contribution in [0, 0.1) is 0 Å². The van der Waals surface area contributed by atoms with Gasteiger partial charge in [-0.2, -0.15) is 0 Å². The lowest BCUT2D eigenvalue weighted by molar-refractivity contribution is 0.0956. The second-order valence-electron chi connectivity index (χ2n) is 5.14. The van der Waals surface area contributed by atoms with Gasteiger partial charge in [0.25, 0.3) is 5.91 Å². The number of hydrogen-bond donors (Lipinski definition) is 1. The fourth-order valence-corrected chi connectivity index (χ4v) is 2.84. The number of carbonyl (C=O) groups is 1. The van der Waals surface area contributed by atoms with Crippen molar-refractivity contribution in [3.63, 3.8) is 0 Å². The zero-order valence-corrected chi connectivity index (χ0v) is 11.3. The molecule has 102 valence electrons. The van der Waals surface area contributed by atoms with Crippen LogP contribution in [0.5, 0.6) is 0 Å². The Morgan fingerprint density at radius 2 is 2.35 bits per heavy atom. The van der Waals surface area contributed by atoms with Crippen molar-refractivity contribution in [2.45, 2.75) is 19.4 Å². The molecule has 0 saturated heterocycles. The lowest BCUT2D eigenvalue weighted by atomic mass is 10.1. The maximum atomic E-state index is 12.5. The molecule has 0 fully saturated rings. The van der Waals surface area contributed by atoms with Gasteiger partial charge in [-0.25, -0.2) is 0 Å². The van der Waals surface area contributed by atoms with Gasteiger partial charge in [-0.05, 0) is 25.0 Å². The average Bonchev–Trinajstić information content (AvgIpc) is 2.77. The summed E-state index contributed by atoms with van der Waals surface area (Å²) in [5.41, 5.74) is 2.13. The van der Waals surface area contributed by atoms with Crippen LogP contribution < -0.4 is 10.7 Å². The second-order valence-corrected chi connectivity index (χ2v) is 5.14. The minimum absolute atomic E-state index is 0.199. The van der Waals surface area contributed by atoms with Crippen LogP contribution >= 0.6 is 0 Å². The number of amides is 1. The normalized spacial score (nSPS) is 16.4. The number of para-hydroxylation sites is 1. The maximum absolute atomic E-state index is 12.5. The maximum Gasteiger partial charge on any atom is 0.257 e. The van der Waals surface area contributed by atoms with Crippen LogP contribution in [0.25, 0.3) is 10.9 Å². The van der Waals surface area contributed by atoms with Crippen molar-refractivity contribution >= 4 is 16.8 Å². The highest BCUT2D eigenvalue weighted by molar-refractivity contribution is 5.98. The summed E-state index contributed by atoms with van der Waals surface area (Å²) in [5.74, 6) is -0.343. The molecule has 1 amide bonds. The summed E-state index contributed by atoms with van der Waals surface area (Å²) in [5, 5.41) is 3.29. The SMILES string of the molecule is C=CCNC(=O)c1cn2c3c(cccc3c1=O)C[C@H]2C. The third-order valence-electron chi connectivity index (χ3n) is 3.78. The summed E-state index contributed by atoms with van der Waals surface area (Å²) in [4.78, 5) is 24.6. The van der Waals surface area contributed by atoms with Gasteiger partial charge < -0.3 is 9.88 Å². The lowest BCUT2D eigenvalue weighted by Gasteiger charge is -2.12. The molecule has 3 rings (SSSR count). The Morgan fingerprint density at radius 1 is 1.55 bits per heavy atom. The van der Waals surface area contributed by atoms with Crippen molar-refractivity contribution in [1.29, 1.82) is 0 Å². The van der Waals surface area contributed by atoms with Crippen molar-refractivity contribution < 1.29 is 4.79 Å². The van der Waals surface area contributed by atoms with E-state index in [1.165, 1.54) is 5.56 Å². The molecule has 0 aliphatic carbocycles. The van der Waals surface area contributed by atoms with Crippen LogP contribution in [0.15, 0.2) is 41.8 Å². The summed E-state index contributed by atoms with van der Waals surface area (Å²) in [7, 11) is 0. The molecular weight excluding hydrogens is 252 g/mol. The summed E-state index contributed by atoms with van der Waals surface area (Å²) >= 11 is 0. The Labute approximate surface area is 116 Å². The molecule has 1 aliphatic heterocycles. The predicted octanol–water partition coefficient (Wildman–Crippen LogP) is 2.03. The Bertz CT molecular complexity index is 774. The fraction of sp³-hybridized carbons (Fsp3) is 0.250. The standard InChI is InChI=1S/C16H16N2O2/c1-3-7-17-16(20)13-9-18-10(2)8-11-5-4-6-12(14(11)18)15(13)19/h3-6,9-10H,1,7-8H2,2H3,(H,17,20)/t10-/m1/s1.